The van der Waals surface area contributed by atoms with Crippen molar-refractivity contribution >= 4 is 17.0 Å². The normalized spacial score (nSPS) is 12.8. The van der Waals surface area contributed by atoms with Crippen molar-refractivity contribution in [1.82, 2.24) is 9.97 Å². The third-order valence-electron chi connectivity index (χ3n) is 3.57. The Kier molecular flexibility index (Phi) is 3.36. The molecule has 0 amide bonds. The van der Waals surface area contributed by atoms with Gasteiger partial charge in [-0.15, -0.1) is 0 Å². The van der Waals surface area contributed by atoms with Gasteiger partial charge in [0, 0.05) is 10.8 Å². The summed E-state index contributed by atoms with van der Waals surface area (Å²) >= 11 is 0. The summed E-state index contributed by atoms with van der Waals surface area (Å²) in [5.74, 6) is 0.163. The van der Waals surface area contributed by atoms with E-state index in [1.807, 2.05) is 32.0 Å². The van der Waals surface area contributed by atoms with E-state index in [1.165, 1.54) is 0 Å². The number of H-pyrrole nitrogens is 1. The number of carboxylic acids is 1. The number of hydrogen-bond acceptors (Lipinski definition) is 2. The molecule has 4 heteroatoms. The molecule has 0 saturated carbocycles. The van der Waals surface area contributed by atoms with Crippen LogP contribution in [0.15, 0.2) is 18.2 Å². The summed E-state index contributed by atoms with van der Waals surface area (Å²) < 4.78 is 0. The van der Waals surface area contributed by atoms with Crippen LogP contribution in [0.25, 0.3) is 11.0 Å². The summed E-state index contributed by atoms with van der Waals surface area (Å²) in [4.78, 5) is 18.9. The van der Waals surface area contributed by atoms with Crippen LogP contribution in [0.1, 0.15) is 52.4 Å². The summed E-state index contributed by atoms with van der Waals surface area (Å²) in [6.07, 6.45) is 0.110. The van der Waals surface area contributed by atoms with Gasteiger partial charge in [0.15, 0.2) is 0 Å². The van der Waals surface area contributed by atoms with Crippen LogP contribution >= 0.6 is 0 Å². The minimum atomic E-state index is -0.782. The van der Waals surface area contributed by atoms with Crippen molar-refractivity contribution in [3.05, 3.63) is 29.6 Å². The molecule has 0 saturated heterocycles. The molecule has 0 bridgehead atoms. The Hall–Kier alpha value is -1.84. The lowest BCUT2D eigenvalue weighted by Gasteiger charge is -2.22. The number of hydrogen-bond donors (Lipinski definition) is 2. The maximum absolute atomic E-state index is 11.0. The van der Waals surface area contributed by atoms with Crippen LogP contribution in [0.5, 0.6) is 0 Å². The van der Waals surface area contributed by atoms with E-state index in [9.17, 15) is 4.79 Å². The number of imidazole rings is 1. The standard InChI is InChI=1S/C16H22N2O2/c1-15(2,3)14-17-11-7-6-10(8-12(11)18-14)16(4,5)9-13(19)20/h6-8H,9H2,1-5H3,(H,17,18)(H,19,20). The Labute approximate surface area is 119 Å². The number of carbonyl (C=O) groups is 1. The Morgan fingerprint density at radius 3 is 2.45 bits per heavy atom. The second-order valence-corrected chi connectivity index (χ2v) is 7.02. The molecule has 0 unspecified atom stereocenters. The molecule has 1 aromatic heterocycles. The van der Waals surface area contributed by atoms with E-state index < -0.39 is 11.4 Å². The molecule has 1 heterocycles. The number of rotatable bonds is 3. The van der Waals surface area contributed by atoms with Gasteiger partial charge in [0.25, 0.3) is 0 Å². The first-order chi connectivity index (χ1) is 9.09. The fourth-order valence-electron chi connectivity index (χ4n) is 2.27. The lowest BCUT2D eigenvalue weighted by Crippen LogP contribution is -2.21. The lowest BCUT2D eigenvalue weighted by molar-refractivity contribution is -0.138. The lowest BCUT2D eigenvalue weighted by atomic mass is 9.81. The van der Waals surface area contributed by atoms with Crippen molar-refractivity contribution in [2.24, 2.45) is 0 Å². The second-order valence-electron chi connectivity index (χ2n) is 7.02. The number of fused-ring (bicyclic) bond motifs is 1. The first-order valence-corrected chi connectivity index (χ1v) is 6.82. The van der Waals surface area contributed by atoms with Gasteiger partial charge in [0.05, 0.1) is 17.5 Å². The molecule has 0 aliphatic heterocycles. The summed E-state index contributed by atoms with van der Waals surface area (Å²) in [6.45, 7) is 10.2. The Morgan fingerprint density at radius 2 is 1.90 bits per heavy atom. The van der Waals surface area contributed by atoms with Crippen molar-refractivity contribution < 1.29 is 9.90 Å². The average molecular weight is 274 g/mol. The van der Waals surface area contributed by atoms with E-state index in [0.717, 1.165) is 22.4 Å². The third kappa shape index (κ3) is 2.84. The number of aromatic nitrogens is 2. The fraction of sp³-hybridized carbons (Fsp3) is 0.500. The summed E-state index contributed by atoms with van der Waals surface area (Å²) in [5.41, 5.74) is 2.47. The molecule has 0 aliphatic carbocycles. The van der Waals surface area contributed by atoms with Crippen molar-refractivity contribution in [3.8, 4) is 0 Å². The van der Waals surface area contributed by atoms with Crippen molar-refractivity contribution in [3.63, 3.8) is 0 Å². The predicted molar refractivity (Wildman–Crippen MR) is 80.1 cm³/mol. The van der Waals surface area contributed by atoms with Gasteiger partial charge in [-0.25, -0.2) is 4.98 Å². The van der Waals surface area contributed by atoms with E-state index in [0.29, 0.717) is 0 Å². The summed E-state index contributed by atoms with van der Waals surface area (Å²) in [6, 6.07) is 5.94. The van der Waals surface area contributed by atoms with Crippen LogP contribution in [0.4, 0.5) is 0 Å². The minimum absolute atomic E-state index is 0.0320. The third-order valence-corrected chi connectivity index (χ3v) is 3.57. The van der Waals surface area contributed by atoms with Crippen LogP contribution in [-0.2, 0) is 15.6 Å². The molecular weight excluding hydrogens is 252 g/mol. The van der Waals surface area contributed by atoms with E-state index in [2.05, 4.69) is 30.7 Å². The zero-order chi connectivity index (χ0) is 15.1. The number of benzene rings is 1. The van der Waals surface area contributed by atoms with Crippen molar-refractivity contribution in [2.75, 3.05) is 0 Å². The average Bonchev–Trinajstić information content (AvgIpc) is 2.69. The number of aromatic amines is 1. The summed E-state index contributed by atoms with van der Waals surface area (Å²) in [5, 5.41) is 9.01. The molecule has 0 radical (unpaired) electrons. The zero-order valence-corrected chi connectivity index (χ0v) is 12.7. The van der Waals surface area contributed by atoms with Crippen LogP contribution in [0.3, 0.4) is 0 Å². The molecule has 108 valence electrons. The van der Waals surface area contributed by atoms with Crippen LogP contribution in [0, 0.1) is 0 Å². The minimum Gasteiger partial charge on any atom is -0.481 e. The zero-order valence-electron chi connectivity index (χ0n) is 12.7. The molecule has 2 aromatic rings. The second kappa shape index (κ2) is 4.62. The van der Waals surface area contributed by atoms with Crippen LogP contribution in [-0.4, -0.2) is 21.0 Å². The number of nitrogens with one attached hydrogen (secondary N) is 1. The van der Waals surface area contributed by atoms with Gasteiger partial charge >= 0.3 is 5.97 Å². The van der Waals surface area contributed by atoms with Crippen LogP contribution < -0.4 is 0 Å². The molecule has 4 nitrogen and oxygen atoms in total. The smallest absolute Gasteiger partial charge is 0.304 e. The van der Waals surface area contributed by atoms with Gasteiger partial charge in [0.2, 0.25) is 0 Å². The van der Waals surface area contributed by atoms with Crippen molar-refractivity contribution in [1.29, 1.82) is 0 Å². The Morgan fingerprint density at radius 1 is 1.25 bits per heavy atom. The van der Waals surface area contributed by atoms with E-state index in [-0.39, 0.29) is 11.8 Å². The molecule has 0 fully saturated rings. The maximum atomic E-state index is 11.0. The Balaban J connectivity index is 2.46. The van der Waals surface area contributed by atoms with E-state index >= 15 is 0 Å². The fourth-order valence-corrected chi connectivity index (χ4v) is 2.27. The largest absolute Gasteiger partial charge is 0.481 e. The molecule has 0 spiro atoms. The van der Waals surface area contributed by atoms with Gasteiger partial charge in [-0.3, -0.25) is 4.79 Å². The highest BCUT2D eigenvalue weighted by atomic mass is 16.4. The highest BCUT2D eigenvalue weighted by Crippen LogP contribution is 2.30. The molecule has 0 atom stereocenters. The molecule has 1 aromatic carbocycles. The number of nitrogens with zero attached hydrogens (tertiary/aromatic N) is 1. The molecule has 20 heavy (non-hydrogen) atoms. The number of carboxylic acid groups (broad SMARTS) is 1. The first kappa shape index (κ1) is 14.6. The van der Waals surface area contributed by atoms with Gasteiger partial charge in [0.1, 0.15) is 5.82 Å². The van der Waals surface area contributed by atoms with Gasteiger partial charge in [-0.1, -0.05) is 40.7 Å². The van der Waals surface area contributed by atoms with Gasteiger partial charge < -0.3 is 10.1 Å². The van der Waals surface area contributed by atoms with Crippen molar-refractivity contribution in [2.45, 2.75) is 51.9 Å². The topological polar surface area (TPSA) is 66.0 Å². The first-order valence-electron chi connectivity index (χ1n) is 6.82. The van der Waals surface area contributed by atoms with Crippen LogP contribution in [0.2, 0.25) is 0 Å². The van der Waals surface area contributed by atoms with Gasteiger partial charge in [-0.2, -0.15) is 0 Å². The van der Waals surface area contributed by atoms with E-state index in [4.69, 9.17) is 5.11 Å². The number of aliphatic carboxylic acids is 1. The molecular formula is C16H22N2O2. The summed E-state index contributed by atoms with van der Waals surface area (Å²) in [7, 11) is 0. The SMILES string of the molecule is CC(C)(C)c1nc2ccc(C(C)(C)CC(=O)O)cc2[nH]1. The monoisotopic (exact) mass is 274 g/mol. The predicted octanol–water partition coefficient (Wildman–Crippen LogP) is 3.61. The molecule has 0 aliphatic rings. The van der Waals surface area contributed by atoms with Gasteiger partial charge in [-0.05, 0) is 17.7 Å². The quantitative estimate of drug-likeness (QED) is 0.898. The Bertz CT molecular complexity index is 648. The molecule has 2 rings (SSSR count). The van der Waals surface area contributed by atoms with E-state index in [1.54, 1.807) is 0 Å². The maximum Gasteiger partial charge on any atom is 0.304 e. The highest BCUT2D eigenvalue weighted by Gasteiger charge is 2.25. The highest BCUT2D eigenvalue weighted by molar-refractivity contribution is 5.77. The molecule has 2 N–H and O–H groups in total.